The number of ether oxygens (including phenoxy) is 1. The summed E-state index contributed by atoms with van der Waals surface area (Å²) in [5, 5.41) is 3.66. The Bertz CT molecular complexity index is 1040. The maximum Gasteiger partial charge on any atom is 0.266 e. The lowest BCUT2D eigenvalue weighted by atomic mass is 10.3. The zero-order chi connectivity index (χ0) is 21.7. The van der Waals surface area contributed by atoms with Crippen LogP contribution in [0.2, 0.25) is 0 Å². The molecule has 1 aliphatic rings. The number of methoxy groups -OCH3 is 1. The van der Waals surface area contributed by atoms with Crippen LogP contribution in [0.25, 0.3) is 11.5 Å². The van der Waals surface area contributed by atoms with Crippen molar-refractivity contribution in [1.29, 1.82) is 0 Å². The lowest BCUT2D eigenvalue weighted by Crippen LogP contribution is -2.51. The van der Waals surface area contributed by atoms with E-state index in [-0.39, 0.29) is 61.3 Å². The fraction of sp³-hybridized carbons (Fsp3) is 0.588. The van der Waals surface area contributed by atoms with Gasteiger partial charge in [0.05, 0.1) is 18.7 Å². The fourth-order valence-corrected chi connectivity index (χ4v) is 4.43. The Morgan fingerprint density at radius 2 is 2.00 bits per heavy atom. The van der Waals surface area contributed by atoms with Crippen molar-refractivity contribution in [2.45, 2.75) is 19.9 Å². The minimum absolute atomic E-state index is 0.0801. The Labute approximate surface area is 173 Å². The summed E-state index contributed by atoms with van der Waals surface area (Å²) < 4.78 is 36.9. The molecule has 0 aliphatic carbocycles. The molecule has 3 heterocycles. The average Bonchev–Trinajstić information content (AvgIpc) is 3.17. The molecular weight excluding hydrogens is 416 g/mol. The SMILES string of the molecule is COCCS(=O)(=O)N1CCN(C(=O)CCn2cncc(-c3nc(C)no3)c2=O)CC1. The first-order valence-electron chi connectivity index (χ1n) is 9.41. The molecule has 1 saturated heterocycles. The van der Waals surface area contributed by atoms with Crippen LogP contribution in [0.1, 0.15) is 12.2 Å². The standard InChI is InChI=1S/C17H24N6O6S/c1-13-19-16(29-20-13)14-11-18-12-22(17(14)25)4-3-15(24)21-5-7-23(8-6-21)30(26,27)10-9-28-2/h11-12H,3-10H2,1-2H3. The van der Waals surface area contributed by atoms with Crippen LogP contribution in [0, 0.1) is 6.92 Å². The molecule has 0 N–H and O–H groups in total. The number of hydrogen-bond acceptors (Lipinski definition) is 9. The van der Waals surface area contributed by atoms with E-state index in [4.69, 9.17) is 9.26 Å². The molecular formula is C17H24N6O6S. The topological polar surface area (TPSA) is 141 Å². The monoisotopic (exact) mass is 440 g/mol. The Morgan fingerprint density at radius 1 is 1.27 bits per heavy atom. The predicted molar refractivity (Wildman–Crippen MR) is 105 cm³/mol. The first-order chi connectivity index (χ1) is 14.3. The molecule has 0 bridgehead atoms. The molecule has 3 rings (SSSR count). The second-order valence-electron chi connectivity index (χ2n) is 6.79. The molecule has 164 valence electrons. The summed E-state index contributed by atoms with van der Waals surface area (Å²) in [5.41, 5.74) is -0.212. The molecule has 0 atom stereocenters. The number of aromatic nitrogens is 4. The molecule has 1 aliphatic heterocycles. The summed E-state index contributed by atoms with van der Waals surface area (Å²) in [6, 6.07) is 0. The Morgan fingerprint density at radius 3 is 2.63 bits per heavy atom. The van der Waals surface area contributed by atoms with E-state index in [0.29, 0.717) is 18.9 Å². The summed E-state index contributed by atoms with van der Waals surface area (Å²) in [4.78, 5) is 34.8. The smallest absolute Gasteiger partial charge is 0.266 e. The van der Waals surface area contributed by atoms with Crippen molar-refractivity contribution in [3.8, 4) is 11.5 Å². The van der Waals surface area contributed by atoms with Gasteiger partial charge < -0.3 is 14.2 Å². The highest BCUT2D eigenvalue weighted by atomic mass is 32.2. The molecule has 12 nitrogen and oxygen atoms in total. The Balaban J connectivity index is 1.56. The van der Waals surface area contributed by atoms with Gasteiger partial charge in [0.2, 0.25) is 15.9 Å². The molecule has 2 aromatic heterocycles. The molecule has 0 aromatic carbocycles. The zero-order valence-corrected chi connectivity index (χ0v) is 17.7. The minimum Gasteiger partial charge on any atom is -0.384 e. The Hall–Kier alpha value is -2.64. The summed E-state index contributed by atoms with van der Waals surface area (Å²) in [7, 11) is -1.94. The largest absolute Gasteiger partial charge is 0.384 e. The van der Waals surface area contributed by atoms with E-state index in [1.165, 1.54) is 28.5 Å². The van der Waals surface area contributed by atoms with Crippen molar-refractivity contribution in [1.82, 2.24) is 28.9 Å². The number of rotatable bonds is 8. The van der Waals surface area contributed by atoms with Gasteiger partial charge >= 0.3 is 0 Å². The van der Waals surface area contributed by atoms with Gasteiger partial charge in [0.15, 0.2) is 5.82 Å². The van der Waals surface area contributed by atoms with Crippen molar-refractivity contribution in [2.24, 2.45) is 0 Å². The van der Waals surface area contributed by atoms with Crippen molar-refractivity contribution in [3.05, 3.63) is 28.7 Å². The highest BCUT2D eigenvalue weighted by molar-refractivity contribution is 7.89. The van der Waals surface area contributed by atoms with E-state index in [2.05, 4.69) is 15.1 Å². The molecule has 30 heavy (non-hydrogen) atoms. The minimum atomic E-state index is -3.39. The summed E-state index contributed by atoms with van der Waals surface area (Å²) in [6.45, 7) is 3.00. The third-order valence-corrected chi connectivity index (χ3v) is 6.59. The van der Waals surface area contributed by atoms with Gasteiger partial charge in [0, 0.05) is 52.5 Å². The maximum absolute atomic E-state index is 12.6. The number of carbonyl (C=O) groups excluding carboxylic acids is 1. The molecule has 0 spiro atoms. The zero-order valence-electron chi connectivity index (χ0n) is 16.9. The second-order valence-corrected chi connectivity index (χ2v) is 8.88. The lowest BCUT2D eigenvalue weighted by molar-refractivity contribution is -0.132. The van der Waals surface area contributed by atoms with E-state index < -0.39 is 10.0 Å². The van der Waals surface area contributed by atoms with Crippen LogP contribution >= 0.6 is 0 Å². The molecule has 0 radical (unpaired) electrons. The lowest BCUT2D eigenvalue weighted by Gasteiger charge is -2.34. The summed E-state index contributed by atoms with van der Waals surface area (Å²) in [5.74, 6) is 0.244. The number of amides is 1. The van der Waals surface area contributed by atoms with Crippen LogP contribution < -0.4 is 5.56 Å². The number of aryl methyl sites for hydroxylation is 2. The van der Waals surface area contributed by atoms with Gasteiger partial charge in [-0.15, -0.1) is 0 Å². The van der Waals surface area contributed by atoms with Crippen LogP contribution in [0.15, 0.2) is 21.8 Å². The number of carbonyl (C=O) groups is 1. The predicted octanol–water partition coefficient (Wildman–Crippen LogP) is -0.888. The normalized spacial score (nSPS) is 15.5. The second kappa shape index (κ2) is 9.45. The van der Waals surface area contributed by atoms with Crippen molar-refractivity contribution >= 4 is 15.9 Å². The van der Waals surface area contributed by atoms with E-state index in [9.17, 15) is 18.0 Å². The van der Waals surface area contributed by atoms with Crippen LogP contribution in [-0.4, -0.2) is 88.9 Å². The molecule has 2 aromatic rings. The van der Waals surface area contributed by atoms with E-state index >= 15 is 0 Å². The fourth-order valence-electron chi connectivity index (χ4n) is 3.07. The van der Waals surface area contributed by atoms with Crippen molar-refractivity contribution in [2.75, 3.05) is 45.6 Å². The quantitative estimate of drug-likeness (QED) is 0.511. The molecule has 1 amide bonds. The van der Waals surface area contributed by atoms with Gasteiger partial charge in [0.1, 0.15) is 5.56 Å². The van der Waals surface area contributed by atoms with Crippen LogP contribution in [0.4, 0.5) is 0 Å². The highest BCUT2D eigenvalue weighted by Gasteiger charge is 2.28. The number of piperazine rings is 1. The summed E-state index contributed by atoms with van der Waals surface area (Å²) >= 11 is 0. The van der Waals surface area contributed by atoms with Gasteiger partial charge in [0.25, 0.3) is 11.4 Å². The molecule has 0 saturated carbocycles. The first kappa shape index (κ1) is 22.1. The number of sulfonamides is 1. The van der Waals surface area contributed by atoms with Crippen molar-refractivity contribution in [3.63, 3.8) is 0 Å². The van der Waals surface area contributed by atoms with Crippen molar-refractivity contribution < 1.29 is 22.5 Å². The van der Waals surface area contributed by atoms with E-state index in [1.54, 1.807) is 11.8 Å². The molecule has 0 unspecified atom stereocenters. The number of nitrogens with zero attached hydrogens (tertiary/aromatic N) is 6. The van der Waals surface area contributed by atoms with Crippen LogP contribution in [0.5, 0.6) is 0 Å². The van der Waals surface area contributed by atoms with Gasteiger partial charge in [-0.3, -0.25) is 14.2 Å². The van der Waals surface area contributed by atoms with Crippen LogP contribution in [-0.2, 0) is 26.1 Å². The third kappa shape index (κ3) is 5.09. The average molecular weight is 440 g/mol. The van der Waals surface area contributed by atoms with Gasteiger partial charge in [-0.25, -0.2) is 13.4 Å². The summed E-state index contributed by atoms with van der Waals surface area (Å²) in [6.07, 6.45) is 2.78. The van der Waals surface area contributed by atoms with Gasteiger partial charge in [-0.05, 0) is 6.92 Å². The van der Waals surface area contributed by atoms with Gasteiger partial charge in [-0.1, -0.05) is 5.16 Å². The first-order valence-corrected chi connectivity index (χ1v) is 11.0. The highest BCUT2D eigenvalue weighted by Crippen LogP contribution is 2.12. The number of hydrogen-bond donors (Lipinski definition) is 0. The molecule has 13 heteroatoms. The van der Waals surface area contributed by atoms with E-state index in [1.807, 2.05) is 0 Å². The van der Waals surface area contributed by atoms with E-state index in [0.717, 1.165) is 0 Å². The molecule has 1 fully saturated rings. The van der Waals surface area contributed by atoms with Crippen LogP contribution in [0.3, 0.4) is 0 Å². The third-order valence-electron chi connectivity index (χ3n) is 4.76. The Kier molecular flexibility index (Phi) is 6.95. The van der Waals surface area contributed by atoms with Gasteiger partial charge in [-0.2, -0.15) is 9.29 Å². The maximum atomic E-state index is 12.6.